The molecule has 0 aromatic heterocycles. The number of alkyl halides is 2. The van der Waals surface area contributed by atoms with Gasteiger partial charge in [-0.2, -0.15) is 0 Å². The lowest BCUT2D eigenvalue weighted by Gasteiger charge is -2.15. The summed E-state index contributed by atoms with van der Waals surface area (Å²) in [5, 5.41) is 0. The predicted octanol–water partition coefficient (Wildman–Crippen LogP) is 4.86. The molecule has 0 aromatic carbocycles. The number of carbonyl (C=O) groups excluding carboxylic acids is 1. The van der Waals surface area contributed by atoms with Crippen LogP contribution in [-0.2, 0) is 9.53 Å². The molecule has 0 rings (SSSR count). The third-order valence-electron chi connectivity index (χ3n) is 2.83. The number of halogens is 2. The first-order valence-electron chi connectivity index (χ1n) is 6.51. The largest absolute Gasteiger partial charge is 0.467 e. The van der Waals surface area contributed by atoms with Crippen LogP contribution in [0.25, 0.3) is 0 Å². The Morgan fingerprint density at radius 3 is 1.94 bits per heavy atom. The SMILES string of the molecule is CCCCCCCCCCC(Cl)(Cl)C(=O)OC. The minimum absolute atomic E-state index is 0.470. The van der Waals surface area contributed by atoms with Crippen molar-refractivity contribution in [2.24, 2.45) is 0 Å². The Hall–Kier alpha value is 0.0500. The highest BCUT2D eigenvalue weighted by Crippen LogP contribution is 2.29. The van der Waals surface area contributed by atoms with Gasteiger partial charge in [0.1, 0.15) is 0 Å². The van der Waals surface area contributed by atoms with Gasteiger partial charge in [-0.05, 0) is 12.8 Å². The number of unbranched alkanes of at least 4 members (excludes halogenated alkanes) is 7. The molecule has 0 N–H and O–H groups in total. The van der Waals surface area contributed by atoms with E-state index in [0.717, 1.165) is 12.8 Å². The topological polar surface area (TPSA) is 26.3 Å². The van der Waals surface area contributed by atoms with E-state index in [0.29, 0.717) is 6.42 Å². The van der Waals surface area contributed by atoms with Crippen molar-refractivity contribution in [3.8, 4) is 0 Å². The van der Waals surface area contributed by atoms with Crippen molar-refractivity contribution in [3.05, 3.63) is 0 Å². The first-order valence-corrected chi connectivity index (χ1v) is 7.26. The van der Waals surface area contributed by atoms with E-state index in [9.17, 15) is 4.79 Å². The van der Waals surface area contributed by atoms with Crippen LogP contribution in [0.15, 0.2) is 0 Å². The van der Waals surface area contributed by atoms with Crippen molar-refractivity contribution in [3.63, 3.8) is 0 Å². The summed E-state index contributed by atoms with van der Waals surface area (Å²) in [6.45, 7) is 2.22. The molecule has 102 valence electrons. The van der Waals surface area contributed by atoms with E-state index >= 15 is 0 Å². The summed E-state index contributed by atoms with van der Waals surface area (Å²) in [5.41, 5.74) is 0. The Morgan fingerprint density at radius 2 is 1.47 bits per heavy atom. The second-order valence-corrected chi connectivity index (χ2v) is 5.90. The maximum absolute atomic E-state index is 11.2. The zero-order valence-corrected chi connectivity index (χ0v) is 12.4. The molecule has 0 aromatic rings. The molecule has 0 saturated heterocycles. The van der Waals surface area contributed by atoms with E-state index in [1.165, 1.54) is 45.6 Å². The van der Waals surface area contributed by atoms with Gasteiger partial charge >= 0.3 is 5.97 Å². The molecule has 0 spiro atoms. The van der Waals surface area contributed by atoms with Crippen molar-refractivity contribution in [2.45, 2.75) is 69.0 Å². The Kier molecular flexibility index (Phi) is 10.0. The van der Waals surface area contributed by atoms with Crippen molar-refractivity contribution < 1.29 is 9.53 Å². The lowest BCUT2D eigenvalue weighted by molar-refractivity contribution is -0.141. The molecule has 0 saturated carbocycles. The third kappa shape index (κ3) is 8.73. The van der Waals surface area contributed by atoms with Gasteiger partial charge < -0.3 is 4.74 Å². The monoisotopic (exact) mass is 282 g/mol. The Balaban J connectivity index is 3.42. The van der Waals surface area contributed by atoms with Crippen LogP contribution in [0.3, 0.4) is 0 Å². The van der Waals surface area contributed by atoms with Crippen LogP contribution in [0.4, 0.5) is 0 Å². The van der Waals surface area contributed by atoms with Gasteiger partial charge in [0, 0.05) is 0 Å². The summed E-state index contributed by atoms with van der Waals surface area (Å²) >= 11 is 11.7. The van der Waals surface area contributed by atoms with Gasteiger partial charge in [-0.25, -0.2) is 4.79 Å². The minimum atomic E-state index is -1.36. The first-order chi connectivity index (χ1) is 8.04. The summed E-state index contributed by atoms with van der Waals surface area (Å²) < 4.78 is 3.17. The van der Waals surface area contributed by atoms with Crippen LogP contribution in [-0.4, -0.2) is 17.4 Å². The maximum atomic E-state index is 11.2. The van der Waals surface area contributed by atoms with Crippen LogP contribution in [0.1, 0.15) is 64.7 Å². The van der Waals surface area contributed by atoms with Crippen molar-refractivity contribution in [1.82, 2.24) is 0 Å². The van der Waals surface area contributed by atoms with Crippen LogP contribution < -0.4 is 0 Å². The number of methoxy groups -OCH3 is 1. The van der Waals surface area contributed by atoms with Gasteiger partial charge in [-0.1, -0.05) is 75.1 Å². The van der Waals surface area contributed by atoms with Crippen molar-refractivity contribution in [1.29, 1.82) is 0 Å². The first kappa shape index (κ1) is 17.1. The molecule has 0 aliphatic rings. The minimum Gasteiger partial charge on any atom is -0.467 e. The molecule has 0 fully saturated rings. The van der Waals surface area contributed by atoms with Crippen LogP contribution in [0, 0.1) is 0 Å². The van der Waals surface area contributed by atoms with Gasteiger partial charge in [0.2, 0.25) is 4.33 Å². The van der Waals surface area contributed by atoms with E-state index in [-0.39, 0.29) is 0 Å². The summed E-state index contributed by atoms with van der Waals surface area (Å²) in [6.07, 6.45) is 10.1. The Labute approximate surface area is 115 Å². The fourth-order valence-electron chi connectivity index (χ4n) is 1.73. The second-order valence-electron chi connectivity index (χ2n) is 4.42. The van der Waals surface area contributed by atoms with Gasteiger partial charge in [0.25, 0.3) is 0 Å². The standard InChI is InChI=1S/C13H24Cl2O2/c1-3-4-5-6-7-8-9-10-11-13(14,15)12(16)17-2/h3-11H2,1-2H3. The van der Waals surface area contributed by atoms with E-state index in [1.54, 1.807) is 0 Å². The summed E-state index contributed by atoms with van der Waals surface area (Å²) in [4.78, 5) is 11.2. The third-order valence-corrected chi connectivity index (χ3v) is 3.51. The molecular weight excluding hydrogens is 259 g/mol. The highest BCUT2D eigenvalue weighted by atomic mass is 35.5. The van der Waals surface area contributed by atoms with Gasteiger partial charge in [-0.3, -0.25) is 0 Å². The molecule has 2 nitrogen and oxygen atoms in total. The molecule has 0 amide bonds. The summed E-state index contributed by atoms with van der Waals surface area (Å²) in [5.74, 6) is -0.552. The molecule has 0 aliphatic carbocycles. The number of rotatable bonds is 10. The molecular formula is C13H24Cl2O2. The van der Waals surface area contributed by atoms with E-state index in [1.807, 2.05) is 0 Å². The lowest BCUT2D eigenvalue weighted by Crippen LogP contribution is -2.27. The average molecular weight is 283 g/mol. The molecule has 0 atom stereocenters. The average Bonchev–Trinajstić information content (AvgIpc) is 2.31. The highest BCUT2D eigenvalue weighted by molar-refractivity contribution is 6.57. The number of hydrogen-bond acceptors (Lipinski definition) is 2. The lowest BCUT2D eigenvalue weighted by atomic mass is 10.1. The number of ether oxygens (including phenoxy) is 1. The number of esters is 1. The number of hydrogen-bond donors (Lipinski definition) is 0. The van der Waals surface area contributed by atoms with Gasteiger partial charge in [0.15, 0.2) is 0 Å². The van der Waals surface area contributed by atoms with Gasteiger partial charge in [-0.15, -0.1) is 0 Å². The summed E-state index contributed by atoms with van der Waals surface area (Å²) in [7, 11) is 1.30. The van der Waals surface area contributed by atoms with Crippen LogP contribution >= 0.6 is 23.2 Å². The Bertz CT molecular complexity index is 206. The molecule has 0 radical (unpaired) electrons. The van der Waals surface area contributed by atoms with Crippen molar-refractivity contribution >= 4 is 29.2 Å². The van der Waals surface area contributed by atoms with Crippen LogP contribution in [0.2, 0.25) is 0 Å². The molecule has 0 heterocycles. The number of carbonyl (C=O) groups is 1. The zero-order chi connectivity index (χ0) is 13.1. The second kappa shape index (κ2) is 10.0. The molecule has 0 aliphatic heterocycles. The summed E-state index contributed by atoms with van der Waals surface area (Å²) in [6, 6.07) is 0. The molecule has 0 unspecified atom stereocenters. The van der Waals surface area contributed by atoms with E-state index in [2.05, 4.69) is 11.7 Å². The highest BCUT2D eigenvalue weighted by Gasteiger charge is 2.33. The van der Waals surface area contributed by atoms with E-state index < -0.39 is 10.3 Å². The molecule has 17 heavy (non-hydrogen) atoms. The quantitative estimate of drug-likeness (QED) is 0.325. The van der Waals surface area contributed by atoms with E-state index in [4.69, 9.17) is 23.2 Å². The van der Waals surface area contributed by atoms with Crippen molar-refractivity contribution in [2.75, 3.05) is 7.11 Å². The zero-order valence-electron chi connectivity index (χ0n) is 10.9. The smallest absolute Gasteiger partial charge is 0.342 e. The predicted molar refractivity (Wildman–Crippen MR) is 73.7 cm³/mol. The maximum Gasteiger partial charge on any atom is 0.342 e. The fourth-order valence-corrected chi connectivity index (χ4v) is 2.15. The normalized spacial score (nSPS) is 11.5. The Morgan fingerprint density at radius 1 is 1.00 bits per heavy atom. The fraction of sp³-hybridized carbons (Fsp3) is 0.923. The molecule has 4 heteroatoms. The van der Waals surface area contributed by atoms with Gasteiger partial charge in [0.05, 0.1) is 7.11 Å². The van der Waals surface area contributed by atoms with Crippen LogP contribution in [0.5, 0.6) is 0 Å². The molecule has 0 bridgehead atoms.